The predicted octanol–water partition coefficient (Wildman–Crippen LogP) is 2.64. The van der Waals surface area contributed by atoms with E-state index < -0.39 is 10.0 Å². The van der Waals surface area contributed by atoms with E-state index in [1.165, 1.54) is 6.33 Å². The third kappa shape index (κ3) is 2.03. The summed E-state index contributed by atoms with van der Waals surface area (Å²) in [6.45, 7) is 0. The Kier molecular flexibility index (Phi) is 3.08. The molecule has 0 aliphatic carbocycles. The van der Waals surface area contributed by atoms with E-state index in [-0.39, 0.29) is 12.1 Å². The van der Waals surface area contributed by atoms with Crippen LogP contribution in [0.1, 0.15) is 30.1 Å². The molecular formula is C13H12ClN3O2S2. The van der Waals surface area contributed by atoms with Crippen molar-refractivity contribution in [3.63, 3.8) is 0 Å². The summed E-state index contributed by atoms with van der Waals surface area (Å²) in [7, 11) is -3.51. The molecule has 0 saturated carbocycles. The van der Waals surface area contributed by atoms with Crippen molar-refractivity contribution in [3.8, 4) is 0 Å². The lowest BCUT2D eigenvalue weighted by Crippen LogP contribution is -2.41. The summed E-state index contributed by atoms with van der Waals surface area (Å²) in [6.07, 6.45) is 5.62. The van der Waals surface area contributed by atoms with Crippen molar-refractivity contribution in [2.75, 3.05) is 0 Å². The van der Waals surface area contributed by atoms with Crippen LogP contribution in [0.3, 0.4) is 0 Å². The summed E-state index contributed by atoms with van der Waals surface area (Å²) in [6, 6.07) is 3.05. The Labute approximate surface area is 131 Å². The van der Waals surface area contributed by atoms with E-state index in [9.17, 15) is 8.42 Å². The molecule has 0 N–H and O–H groups in total. The smallest absolute Gasteiger partial charge is 0.244 e. The van der Waals surface area contributed by atoms with Gasteiger partial charge in [-0.3, -0.25) is 0 Å². The van der Waals surface area contributed by atoms with Crippen LogP contribution in [-0.4, -0.2) is 28.7 Å². The number of halogens is 1. The van der Waals surface area contributed by atoms with E-state index in [4.69, 9.17) is 11.6 Å². The Hall–Kier alpha value is -1.02. The highest BCUT2D eigenvalue weighted by Crippen LogP contribution is 2.46. The van der Waals surface area contributed by atoms with Gasteiger partial charge in [0.15, 0.2) is 0 Å². The second-order valence-electron chi connectivity index (χ2n) is 5.27. The van der Waals surface area contributed by atoms with Crippen molar-refractivity contribution >= 4 is 33.0 Å². The maximum Gasteiger partial charge on any atom is 0.253 e. The first-order chi connectivity index (χ1) is 10.1. The molecule has 1 fully saturated rings. The molecule has 2 aliphatic heterocycles. The number of nitrogens with zero attached hydrogens (tertiary/aromatic N) is 3. The lowest BCUT2D eigenvalue weighted by molar-refractivity contribution is 0.301. The molecule has 4 rings (SSSR count). The number of aromatic nitrogens is 2. The van der Waals surface area contributed by atoms with Gasteiger partial charge in [-0.15, -0.1) is 11.3 Å². The van der Waals surface area contributed by atoms with Gasteiger partial charge in [-0.2, -0.15) is 4.31 Å². The predicted molar refractivity (Wildman–Crippen MR) is 79.9 cm³/mol. The molecule has 0 spiro atoms. The molecular weight excluding hydrogens is 330 g/mol. The molecule has 2 aromatic rings. The minimum atomic E-state index is -3.51. The molecule has 2 atom stereocenters. The third-order valence-electron chi connectivity index (χ3n) is 4.14. The normalized spacial score (nSPS) is 25.0. The molecule has 2 bridgehead atoms. The minimum absolute atomic E-state index is 0.0109. The first kappa shape index (κ1) is 13.6. The minimum Gasteiger partial charge on any atom is -0.244 e. The fourth-order valence-electron chi connectivity index (χ4n) is 3.29. The van der Waals surface area contributed by atoms with Gasteiger partial charge in [-0.25, -0.2) is 18.4 Å². The van der Waals surface area contributed by atoms with Gasteiger partial charge in [0.2, 0.25) is 0 Å². The zero-order chi connectivity index (χ0) is 14.6. The van der Waals surface area contributed by atoms with Crippen LogP contribution >= 0.6 is 22.9 Å². The zero-order valence-corrected chi connectivity index (χ0v) is 13.3. The Morgan fingerprint density at radius 3 is 2.95 bits per heavy atom. The molecule has 0 aromatic carbocycles. The van der Waals surface area contributed by atoms with Crippen molar-refractivity contribution in [1.29, 1.82) is 0 Å². The summed E-state index contributed by atoms with van der Waals surface area (Å²) in [4.78, 5) is 8.36. The molecule has 1 saturated heterocycles. The Morgan fingerprint density at radius 1 is 1.33 bits per heavy atom. The summed E-state index contributed by atoms with van der Waals surface area (Å²) >= 11 is 7.00. The highest BCUT2D eigenvalue weighted by Gasteiger charge is 2.47. The van der Waals surface area contributed by atoms with Gasteiger partial charge in [0.25, 0.3) is 10.0 Å². The Morgan fingerprint density at radius 2 is 2.19 bits per heavy atom. The van der Waals surface area contributed by atoms with Gasteiger partial charge in [0.1, 0.15) is 10.5 Å². The number of hydrogen-bond donors (Lipinski definition) is 0. The van der Waals surface area contributed by atoms with E-state index in [0.717, 1.165) is 35.4 Å². The second-order valence-corrected chi connectivity index (χ2v) is 9.05. The monoisotopic (exact) mass is 341 g/mol. The van der Waals surface area contributed by atoms with Gasteiger partial charge >= 0.3 is 0 Å². The average Bonchev–Trinajstić information content (AvgIpc) is 3.03. The van der Waals surface area contributed by atoms with Gasteiger partial charge in [-0.1, -0.05) is 11.6 Å². The Bertz CT molecular complexity index is 805. The number of fused-ring (bicyclic) bond motifs is 4. The van der Waals surface area contributed by atoms with Gasteiger partial charge in [0.05, 0.1) is 16.1 Å². The van der Waals surface area contributed by atoms with Crippen LogP contribution in [0.5, 0.6) is 0 Å². The SMILES string of the molecule is O=S(=O)(c1ccc(Cl)s1)N1C2CCC1c1cncnc1C2. The maximum absolute atomic E-state index is 12.9. The zero-order valence-electron chi connectivity index (χ0n) is 10.9. The van der Waals surface area contributed by atoms with Crippen molar-refractivity contribution in [1.82, 2.24) is 14.3 Å². The van der Waals surface area contributed by atoms with Crippen molar-refractivity contribution in [2.45, 2.75) is 35.6 Å². The van der Waals surface area contributed by atoms with Crippen LogP contribution in [0.2, 0.25) is 4.34 Å². The van der Waals surface area contributed by atoms with Crippen LogP contribution in [0.15, 0.2) is 28.9 Å². The first-order valence-corrected chi connectivity index (χ1v) is 9.28. The summed E-state index contributed by atoms with van der Waals surface area (Å²) in [5.74, 6) is 0. The molecule has 5 nitrogen and oxygen atoms in total. The molecule has 2 aliphatic rings. The molecule has 2 aromatic heterocycles. The van der Waals surface area contributed by atoms with Gasteiger partial charge in [-0.05, 0) is 25.0 Å². The molecule has 8 heteroatoms. The van der Waals surface area contributed by atoms with E-state index in [0.29, 0.717) is 15.0 Å². The van der Waals surface area contributed by atoms with E-state index in [2.05, 4.69) is 9.97 Å². The number of thiophene rings is 1. The van der Waals surface area contributed by atoms with Crippen LogP contribution in [0.4, 0.5) is 0 Å². The van der Waals surface area contributed by atoms with E-state index in [1.807, 2.05) is 0 Å². The standard InChI is InChI=1S/C13H12ClN3O2S2/c14-12-3-4-13(20-12)21(18,19)17-8-1-2-11(17)9-6-15-7-16-10(9)5-8/h3-4,6-8,11H,1-2,5H2. The molecule has 4 heterocycles. The maximum atomic E-state index is 12.9. The van der Waals surface area contributed by atoms with Crippen molar-refractivity contribution < 1.29 is 8.42 Å². The molecule has 2 unspecified atom stereocenters. The van der Waals surface area contributed by atoms with Crippen LogP contribution < -0.4 is 0 Å². The molecule has 0 radical (unpaired) electrons. The van der Waals surface area contributed by atoms with Crippen LogP contribution in [0.25, 0.3) is 0 Å². The number of hydrogen-bond acceptors (Lipinski definition) is 5. The molecule has 0 amide bonds. The lowest BCUT2D eigenvalue weighted by atomic mass is 10.0. The second kappa shape index (κ2) is 4.74. The number of sulfonamides is 1. The highest BCUT2D eigenvalue weighted by atomic mass is 35.5. The van der Waals surface area contributed by atoms with E-state index in [1.54, 1.807) is 22.6 Å². The van der Waals surface area contributed by atoms with Crippen LogP contribution in [-0.2, 0) is 16.4 Å². The van der Waals surface area contributed by atoms with Crippen molar-refractivity contribution in [2.24, 2.45) is 0 Å². The summed E-state index contributed by atoms with van der Waals surface area (Å²) in [5.41, 5.74) is 1.92. The fraction of sp³-hybridized carbons (Fsp3) is 0.385. The summed E-state index contributed by atoms with van der Waals surface area (Å²) in [5, 5.41) is 0. The topological polar surface area (TPSA) is 63.2 Å². The van der Waals surface area contributed by atoms with Crippen molar-refractivity contribution in [3.05, 3.63) is 40.3 Å². The number of rotatable bonds is 2. The summed E-state index contributed by atoms with van der Waals surface area (Å²) < 4.78 is 28.3. The molecule has 21 heavy (non-hydrogen) atoms. The van der Waals surface area contributed by atoms with Gasteiger partial charge in [0, 0.05) is 24.2 Å². The third-order valence-corrected chi connectivity index (χ3v) is 7.80. The largest absolute Gasteiger partial charge is 0.253 e. The lowest BCUT2D eigenvalue weighted by Gasteiger charge is -2.33. The quantitative estimate of drug-likeness (QED) is 0.842. The highest BCUT2D eigenvalue weighted by molar-refractivity contribution is 7.91. The first-order valence-electron chi connectivity index (χ1n) is 6.65. The van der Waals surface area contributed by atoms with E-state index >= 15 is 0 Å². The average molecular weight is 342 g/mol. The van der Waals surface area contributed by atoms with Gasteiger partial charge < -0.3 is 0 Å². The molecule has 110 valence electrons. The Balaban J connectivity index is 1.81. The fourth-order valence-corrected chi connectivity index (χ4v) is 6.72. The van der Waals surface area contributed by atoms with Crippen LogP contribution in [0, 0.1) is 0 Å².